The number of H-pyrrole nitrogens is 1. The molecular formula is C20H20N4O. The van der Waals surface area contributed by atoms with Crippen LogP contribution in [0.25, 0.3) is 10.9 Å². The van der Waals surface area contributed by atoms with Crippen molar-refractivity contribution < 1.29 is 4.79 Å². The lowest BCUT2D eigenvalue weighted by Gasteiger charge is -2.38. The minimum absolute atomic E-state index is 0.0858. The van der Waals surface area contributed by atoms with Gasteiger partial charge in [-0.3, -0.25) is 4.79 Å². The summed E-state index contributed by atoms with van der Waals surface area (Å²) in [5, 5.41) is 13.8. The van der Waals surface area contributed by atoms with Gasteiger partial charge in [-0.15, -0.1) is 0 Å². The molecule has 0 amide bonds. The highest BCUT2D eigenvalue weighted by molar-refractivity contribution is 6.00. The zero-order chi connectivity index (χ0) is 17.8. The van der Waals surface area contributed by atoms with Crippen LogP contribution in [-0.4, -0.2) is 10.8 Å². The highest BCUT2D eigenvalue weighted by atomic mass is 16.1. The van der Waals surface area contributed by atoms with Gasteiger partial charge in [0.05, 0.1) is 17.6 Å². The molecule has 4 N–H and O–H groups in total. The molecule has 5 heteroatoms. The zero-order valence-corrected chi connectivity index (χ0v) is 14.3. The molecule has 2 aliphatic rings. The molecule has 0 spiro atoms. The maximum absolute atomic E-state index is 12.9. The van der Waals surface area contributed by atoms with Crippen molar-refractivity contribution in [2.45, 2.75) is 32.6 Å². The molecule has 1 aliphatic heterocycles. The summed E-state index contributed by atoms with van der Waals surface area (Å²) in [5.74, 6) is -0.00434. The molecule has 0 radical (unpaired) electrons. The number of carbonyl (C=O) groups excluding carboxylic acids is 1. The van der Waals surface area contributed by atoms with Crippen molar-refractivity contribution in [3.05, 3.63) is 58.7 Å². The number of nitriles is 1. The Morgan fingerprint density at radius 3 is 2.76 bits per heavy atom. The smallest absolute Gasteiger partial charge is 0.162 e. The minimum Gasteiger partial charge on any atom is -0.384 e. The van der Waals surface area contributed by atoms with Gasteiger partial charge in [-0.2, -0.15) is 5.26 Å². The molecule has 126 valence electrons. The minimum atomic E-state index is -0.433. The predicted octanol–water partition coefficient (Wildman–Crippen LogP) is 3.19. The number of nitrogens with zero attached hydrogens (tertiary/aromatic N) is 1. The fourth-order valence-corrected chi connectivity index (χ4v) is 4.00. The number of nitrogens with one attached hydrogen (secondary N) is 2. The van der Waals surface area contributed by atoms with E-state index >= 15 is 0 Å². The summed E-state index contributed by atoms with van der Waals surface area (Å²) in [7, 11) is 0. The molecule has 0 saturated carbocycles. The number of allylic oxidation sites excluding steroid dienone is 3. The van der Waals surface area contributed by atoms with Crippen molar-refractivity contribution >= 4 is 16.7 Å². The molecule has 2 heterocycles. The third-order valence-corrected chi connectivity index (χ3v) is 5.06. The van der Waals surface area contributed by atoms with E-state index in [1.807, 2.05) is 30.3 Å². The zero-order valence-electron chi connectivity index (χ0n) is 14.3. The van der Waals surface area contributed by atoms with Gasteiger partial charge in [0.2, 0.25) is 0 Å². The summed E-state index contributed by atoms with van der Waals surface area (Å²) in [6.07, 6.45) is 1.22. The summed E-state index contributed by atoms with van der Waals surface area (Å²) in [4.78, 5) is 16.3. The molecule has 1 aromatic carbocycles. The van der Waals surface area contributed by atoms with Gasteiger partial charge < -0.3 is 16.0 Å². The van der Waals surface area contributed by atoms with E-state index in [-0.39, 0.29) is 11.2 Å². The molecule has 1 aliphatic carbocycles. The molecule has 4 rings (SSSR count). The van der Waals surface area contributed by atoms with Gasteiger partial charge in [0.1, 0.15) is 5.82 Å². The summed E-state index contributed by atoms with van der Waals surface area (Å²) in [5.41, 5.74) is 9.77. The van der Waals surface area contributed by atoms with Crippen LogP contribution in [0.2, 0.25) is 0 Å². The van der Waals surface area contributed by atoms with Crippen molar-refractivity contribution in [1.82, 2.24) is 10.3 Å². The number of aromatic amines is 1. The third-order valence-electron chi connectivity index (χ3n) is 5.06. The van der Waals surface area contributed by atoms with Gasteiger partial charge in [0.25, 0.3) is 0 Å². The van der Waals surface area contributed by atoms with Crippen LogP contribution in [0.4, 0.5) is 0 Å². The van der Waals surface area contributed by atoms with Crippen LogP contribution in [0.5, 0.6) is 0 Å². The second kappa shape index (κ2) is 5.25. The maximum Gasteiger partial charge on any atom is 0.162 e. The number of dihydropyridines is 1. The van der Waals surface area contributed by atoms with Crippen LogP contribution < -0.4 is 11.1 Å². The summed E-state index contributed by atoms with van der Waals surface area (Å²) < 4.78 is 0. The lowest BCUT2D eigenvalue weighted by atomic mass is 9.70. The van der Waals surface area contributed by atoms with E-state index in [0.717, 1.165) is 28.7 Å². The molecule has 0 saturated heterocycles. The lowest BCUT2D eigenvalue weighted by molar-refractivity contribution is -0.118. The Bertz CT molecular complexity index is 967. The average molecular weight is 332 g/mol. The Morgan fingerprint density at radius 2 is 2.04 bits per heavy atom. The quantitative estimate of drug-likeness (QED) is 0.747. The van der Waals surface area contributed by atoms with Crippen LogP contribution in [-0.2, 0) is 4.79 Å². The number of aromatic nitrogens is 1. The van der Waals surface area contributed by atoms with Crippen molar-refractivity contribution in [3.8, 4) is 6.07 Å². The number of rotatable bonds is 1. The number of hydrogen-bond acceptors (Lipinski definition) is 4. The van der Waals surface area contributed by atoms with Crippen molar-refractivity contribution in [3.63, 3.8) is 0 Å². The largest absolute Gasteiger partial charge is 0.384 e. The van der Waals surface area contributed by atoms with Gasteiger partial charge in [-0.05, 0) is 29.4 Å². The van der Waals surface area contributed by atoms with Crippen molar-refractivity contribution in [1.29, 1.82) is 5.26 Å². The normalized spacial score (nSPS) is 22.6. The van der Waals surface area contributed by atoms with Crippen molar-refractivity contribution in [2.24, 2.45) is 11.1 Å². The number of Topliss-reactive ketones (excluding diaryl/α,β-unsaturated/α-hetero) is 1. The van der Waals surface area contributed by atoms with Crippen LogP contribution in [0, 0.1) is 16.7 Å². The standard InChI is InChI=1S/C20H20N4O/c1-20(2)8-15-18(16(25)9-20)17(12(10-21)19(22)24-15)14-7-11-5-3-4-6-13(11)23-14/h3-7,17,23-24H,8-9,22H2,1-2H3. The van der Waals surface area contributed by atoms with Gasteiger partial charge in [-0.1, -0.05) is 32.0 Å². The van der Waals surface area contributed by atoms with E-state index in [2.05, 4.69) is 30.2 Å². The van der Waals surface area contributed by atoms with E-state index in [1.54, 1.807) is 0 Å². The average Bonchev–Trinajstić information content (AvgIpc) is 2.96. The molecular weight excluding hydrogens is 312 g/mol. The van der Waals surface area contributed by atoms with E-state index in [0.29, 0.717) is 23.4 Å². The second-order valence-corrected chi connectivity index (χ2v) is 7.64. The number of para-hydroxylation sites is 1. The number of benzene rings is 1. The highest BCUT2D eigenvalue weighted by Crippen LogP contribution is 2.45. The molecule has 1 atom stereocenters. The lowest BCUT2D eigenvalue weighted by Crippen LogP contribution is -2.39. The van der Waals surface area contributed by atoms with Crippen LogP contribution >= 0.6 is 0 Å². The maximum atomic E-state index is 12.9. The van der Waals surface area contributed by atoms with E-state index in [9.17, 15) is 10.1 Å². The topological polar surface area (TPSA) is 94.7 Å². The summed E-state index contributed by atoms with van der Waals surface area (Å²) in [6.45, 7) is 4.15. The Kier molecular flexibility index (Phi) is 3.26. The third kappa shape index (κ3) is 2.42. The number of hydrogen-bond donors (Lipinski definition) is 3. The first-order valence-electron chi connectivity index (χ1n) is 8.40. The van der Waals surface area contributed by atoms with Crippen LogP contribution in [0.1, 0.15) is 38.3 Å². The fourth-order valence-electron chi connectivity index (χ4n) is 4.00. The number of carbonyl (C=O) groups is 1. The first kappa shape index (κ1) is 15.5. The molecule has 5 nitrogen and oxygen atoms in total. The van der Waals surface area contributed by atoms with Crippen LogP contribution in [0.3, 0.4) is 0 Å². The van der Waals surface area contributed by atoms with Crippen LogP contribution in [0.15, 0.2) is 53.0 Å². The predicted molar refractivity (Wildman–Crippen MR) is 96.0 cm³/mol. The Morgan fingerprint density at radius 1 is 1.28 bits per heavy atom. The molecule has 1 aromatic heterocycles. The molecule has 0 bridgehead atoms. The van der Waals surface area contributed by atoms with Crippen molar-refractivity contribution in [2.75, 3.05) is 0 Å². The molecule has 25 heavy (non-hydrogen) atoms. The highest BCUT2D eigenvalue weighted by Gasteiger charge is 2.41. The van der Waals surface area contributed by atoms with Gasteiger partial charge >= 0.3 is 0 Å². The number of ketones is 1. The Hall–Kier alpha value is -3.00. The Balaban J connectivity index is 1.92. The summed E-state index contributed by atoms with van der Waals surface area (Å²) >= 11 is 0. The second-order valence-electron chi connectivity index (χ2n) is 7.64. The van der Waals surface area contributed by atoms with Gasteiger partial charge in [-0.25, -0.2) is 0 Å². The number of nitrogens with two attached hydrogens (primary N) is 1. The monoisotopic (exact) mass is 332 g/mol. The molecule has 2 aromatic rings. The van der Waals surface area contributed by atoms with Gasteiger partial charge in [0.15, 0.2) is 5.78 Å². The summed E-state index contributed by atoms with van der Waals surface area (Å²) in [6, 6.07) is 12.1. The Labute approximate surface area is 146 Å². The fraction of sp³-hybridized carbons (Fsp3) is 0.300. The molecule has 0 fully saturated rings. The molecule has 1 unspecified atom stereocenters. The first-order chi connectivity index (χ1) is 11.9. The van der Waals surface area contributed by atoms with Gasteiger partial charge in [0, 0.05) is 28.9 Å². The van der Waals surface area contributed by atoms with E-state index in [1.165, 1.54) is 0 Å². The van der Waals surface area contributed by atoms with E-state index in [4.69, 9.17) is 5.73 Å². The number of fused-ring (bicyclic) bond motifs is 1. The van der Waals surface area contributed by atoms with E-state index < -0.39 is 5.92 Å². The SMILES string of the molecule is CC1(C)CC(=O)C2=C(C1)NC(N)=C(C#N)C2c1cc2ccccc2[nH]1. The first-order valence-corrected chi connectivity index (χ1v) is 8.40.